The fraction of sp³-hybridized carbons (Fsp3) is 1.00. The van der Waals surface area contributed by atoms with E-state index in [0.29, 0.717) is 6.04 Å². The van der Waals surface area contributed by atoms with Gasteiger partial charge < -0.3 is 10.0 Å². The number of nitrogens with zero attached hydrogens (tertiary/aromatic N) is 1. The fourth-order valence-electron chi connectivity index (χ4n) is 3.15. The number of hydrogen-bond donors (Lipinski definition) is 1. The highest BCUT2D eigenvalue weighted by atomic mass is 16.3. The lowest BCUT2D eigenvalue weighted by molar-refractivity contribution is 0.0192. The first kappa shape index (κ1) is 11.4. The molecule has 1 N–H and O–H groups in total. The maximum atomic E-state index is 9.80. The number of hydrogen-bond acceptors (Lipinski definition) is 2. The third-order valence-electron chi connectivity index (χ3n) is 4.34. The van der Waals surface area contributed by atoms with Gasteiger partial charge in [-0.25, -0.2) is 0 Å². The normalized spacial score (nSPS) is 37.6. The molecule has 3 atom stereocenters. The summed E-state index contributed by atoms with van der Waals surface area (Å²) in [4.78, 5) is 2.55. The van der Waals surface area contributed by atoms with Gasteiger partial charge in [0, 0.05) is 12.1 Å². The third-order valence-corrected chi connectivity index (χ3v) is 4.34. The summed E-state index contributed by atoms with van der Waals surface area (Å²) in [7, 11) is 2.26. The number of aliphatic hydroxyl groups excluding tert-OH is 1. The average Bonchev–Trinajstić information content (AvgIpc) is 2.99. The Morgan fingerprint density at radius 2 is 1.80 bits per heavy atom. The quantitative estimate of drug-likeness (QED) is 0.774. The molecule has 0 amide bonds. The molecule has 0 saturated heterocycles. The summed E-state index contributed by atoms with van der Waals surface area (Å²) in [5.74, 6) is 1.54. The molecule has 2 fully saturated rings. The Balaban J connectivity index is 2.01. The summed E-state index contributed by atoms with van der Waals surface area (Å²) < 4.78 is 0. The number of aliphatic hydroxyl groups is 1. The topological polar surface area (TPSA) is 23.5 Å². The molecular formula is C13H25NO. The van der Waals surface area contributed by atoms with Gasteiger partial charge in [-0.2, -0.15) is 0 Å². The van der Waals surface area contributed by atoms with Crippen molar-refractivity contribution in [3.63, 3.8) is 0 Å². The van der Waals surface area contributed by atoms with Gasteiger partial charge in [-0.15, -0.1) is 0 Å². The Morgan fingerprint density at radius 3 is 2.33 bits per heavy atom. The minimum Gasteiger partial charge on any atom is -0.393 e. The molecule has 15 heavy (non-hydrogen) atoms. The second-order valence-corrected chi connectivity index (χ2v) is 5.84. The van der Waals surface area contributed by atoms with E-state index in [2.05, 4.69) is 25.8 Å². The van der Waals surface area contributed by atoms with Gasteiger partial charge in [0.1, 0.15) is 0 Å². The maximum absolute atomic E-state index is 9.80. The molecule has 0 bridgehead atoms. The predicted molar refractivity (Wildman–Crippen MR) is 62.8 cm³/mol. The Morgan fingerprint density at radius 1 is 1.13 bits per heavy atom. The fourth-order valence-corrected chi connectivity index (χ4v) is 3.15. The van der Waals surface area contributed by atoms with Crippen molar-refractivity contribution in [1.82, 2.24) is 4.90 Å². The van der Waals surface area contributed by atoms with Crippen LogP contribution in [0.25, 0.3) is 0 Å². The van der Waals surface area contributed by atoms with Crippen LogP contribution in [-0.4, -0.2) is 35.2 Å². The summed E-state index contributed by atoms with van der Waals surface area (Å²) in [5.41, 5.74) is 0. The van der Waals surface area contributed by atoms with Gasteiger partial charge >= 0.3 is 0 Å². The van der Waals surface area contributed by atoms with E-state index in [0.717, 1.165) is 30.7 Å². The van der Waals surface area contributed by atoms with E-state index in [1.165, 1.54) is 19.3 Å². The summed E-state index contributed by atoms with van der Waals surface area (Å²) in [6.07, 6.45) is 5.90. The Bertz CT molecular complexity index is 213. The number of rotatable bonds is 3. The first-order valence-corrected chi connectivity index (χ1v) is 6.49. The molecular weight excluding hydrogens is 186 g/mol. The molecule has 0 aliphatic heterocycles. The van der Waals surface area contributed by atoms with Crippen LogP contribution in [0.15, 0.2) is 0 Å². The SMILES string of the molecule is CC(C)C1CCC(O)CC1N(C)C1CC1. The molecule has 2 aliphatic carbocycles. The highest BCUT2D eigenvalue weighted by Crippen LogP contribution is 2.38. The first-order chi connectivity index (χ1) is 7.09. The lowest BCUT2D eigenvalue weighted by Gasteiger charge is -2.42. The van der Waals surface area contributed by atoms with Crippen molar-refractivity contribution in [3.8, 4) is 0 Å². The Hall–Kier alpha value is -0.0800. The zero-order valence-electron chi connectivity index (χ0n) is 10.3. The van der Waals surface area contributed by atoms with Crippen LogP contribution in [0.5, 0.6) is 0 Å². The molecule has 0 aromatic rings. The second-order valence-electron chi connectivity index (χ2n) is 5.84. The van der Waals surface area contributed by atoms with Crippen molar-refractivity contribution in [2.75, 3.05) is 7.05 Å². The molecule has 0 spiro atoms. The van der Waals surface area contributed by atoms with Crippen LogP contribution in [0.3, 0.4) is 0 Å². The molecule has 2 heteroatoms. The maximum Gasteiger partial charge on any atom is 0.0555 e. The monoisotopic (exact) mass is 211 g/mol. The predicted octanol–water partition coefficient (Wildman–Crippen LogP) is 2.27. The van der Waals surface area contributed by atoms with Gasteiger partial charge in [-0.1, -0.05) is 13.8 Å². The molecule has 88 valence electrons. The molecule has 3 unspecified atom stereocenters. The van der Waals surface area contributed by atoms with Crippen LogP contribution < -0.4 is 0 Å². The van der Waals surface area contributed by atoms with Crippen molar-refractivity contribution >= 4 is 0 Å². The van der Waals surface area contributed by atoms with Crippen molar-refractivity contribution in [1.29, 1.82) is 0 Å². The highest BCUT2D eigenvalue weighted by molar-refractivity contribution is 4.93. The van der Waals surface area contributed by atoms with Crippen molar-refractivity contribution in [2.24, 2.45) is 11.8 Å². The summed E-state index contributed by atoms with van der Waals surface area (Å²) in [5, 5.41) is 9.80. The smallest absolute Gasteiger partial charge is 0.0555 e. The first-order valence-electron chi connectivity index (χ1n) is 6.49. The second kappa shape index (κ2) is 4.42. The summed E-state index contributed by atoms with van der Waals surface area (Å²) >= 11 is 0. The van der Waals surface area contributed by atoms with Gasteiger partial charge in [-0.3, -0.25) is 0 Å². The van der Waals surface area contributed by atoms with Crippen LogP contribution in [0.4, 0.5) is 0 Å². The minimum absolute atomic E-state index is 0.0498. The van der Waals surface area contributed by atoms with Gasteiger partial charge in [-0.05, 0) is 51.0 Å². The lowest BCUT2D eigenvalue weighted by Crippen LogP contribution is -2.46. The molecule has 2 nitrogen and oxygen atoms in total. The van der Waals surface area contributed by atoms with Crippen LogP contribution in [0, 0.1) is 11.8 Å². The zero-order valence-corrected chi connectivity index (χ0v) is 10.3. The van der Waals surface area contributed by atoms with E-state index in [4.69, 9.17) is 0 Å². The molecule has 2 aliphatic rings. The average molecular weight is 211 g/mol. The standard InChI is InChI=1S/C13H25NO/c1-9(2)12-7-6-11(15)8-13(12)14(3)10-4-5-10/h9-13,15H,4-8H2,1-3H3. The molecule has 0 radical (unpaired) electrons. The Labute approximate surface area is 93.7 Å². The molecule has 2 rings (SSSR count). The van der Waals surface area contributed by atoms with Crippen LogP contribution in [0.1, 0.15) is 46.0 Å². The Kier molecular flexibility index (Phi) is 3.36. The largest absolute Gasteiger partial charge is 0.393 e. The molecule has 0 heterocycles. The lowest BCUT2D eigenvalue weighted by atomic mass is 9.76. The van der Waals surface area contributed by atoms with Crippen molar-refractivity contribution in [3.05, 3.63) is 0 Å². The molecule has 2 saturated carbocycles. The van der Waals surface area contributed by atoms with E-state index < -0.39 is 0 Å². The molecule has 0 aromatic heterocycles. The summed E-state index contributed by atoms with van der Waals surface area (Å²) in [6, 6.07) is 1.45. The highest BCUT2D eigenvalue weighted by Gasteiger charge is 2.39. The van der Waals surface area contributed by atoms with E-state index in [9.17, 15) is 5.11 Å². The van der Waals surface area contributed by atoms with Gasteiger partial charge in [0.2, 0.25) is 0 Å². The van der Waals surface area contributed by atoms with Crippen LogP contribution in [-0.2, 0) is 0 Å². The van der Waals surface area contributed by atoms with Crippen LogP contribution >= 0.6 is 0 Å². The van der Waals surface area contributed by atoms with E-state index in [1.54, 1.807) is 0 Å². The summed E-state index contributed by atoms with van der Waals surface area (Å²) in [6.45, 7) is 4.66. The van der Waals surface area contributed by atoms with Gasteiger partial charge in [0.15, 0.2) is 0 Å². The van der Waals surface area contributed by atoms with Gasteiger partial charge in [0.05, 0.1) is 6.10 Å². The van der Waals surface area contributed by atoms with E-state index >= 15 is 0 Å². The minimum atomic E-state index is -0.0498. The zero-order chi connectivity index (χ0) is 11.0. The van der Waals surface area contributed by atoms with Crippen molar-refractivity contribution < 1.29 is 5.11 Å². The van der Waals surface area contributed by atoms with E-state index in [1.807, 2.05) is 0 Å². The third kappa shape index (κ3) is 2.54. The van der Waals surface area contributed by atoms with Gasteiger partial charge in [0.25, 0.3) is 0 Å². The van der Waals surface area contributed by atoms with Crippen molar-refractivity contribution in [2.45, 2.75) is 64.1 Å². The van der Waals surface area contributed by atoms with Crippen LogP contribution in [0.2, 0.25) is 0 Å². The molecule has 0 aromatic carbocycles. The van der Waals surface area contributed by atoms with E-state index in [-0.39, 0.29) is 6.10 Å².